The molecule has 0 bridgehead atoms. The molecule has 1 rings (SSSR count). The number of nitro groups is 1. The molecule has 1 aromatic rings. The molecule has 0 radical (unpaired) electrons. The Hall–Kier alpha value is -1.34. The number of hydrogen-bond acceptors (Lipinski definition) is 2. The van der Waals surface area contributed by atoms with Gasteiger partial charge in [-0.1, -0.05) is 5.92 Å². The van der Waals surface area contributed by atoms with Crippen LogP contribution in [0.1, 0.15) is 11.1 Å². The highest BCUT2D eigenvalue weighted by atomic mass is 79.9. The Balaban J connectivity index is 3.39. The lowest BCUT2D eigenvalue weighted by atomic mass is 10.1. The number of nitrogens with zero attached hydrogens (tertiary/aromatic N) is 1. The zero-order valence-electron chi connectivity index (χ0n) is 6.87. The zero-order chi connectivity index (χ0) is 10.0. The standard InChI is InChI=1S/C9H6BrNO2/c1-3-7-4-6(2)9(11(12)13)5-8(7)10/h1,4-5H,2H3. The van der Waals surface area contributed by atoms with Gasteiger partial charge in [0.2, 0.25) is 0 Å². The molecule has 3 nitrogen and oxygen atoms in total. The van der Waals surface area contributed by atoms with E-state index in [0.29, 0.717) is 15.6 Å². The summed E-state index contributed by atoms with van der Waals surface area (Å²) in [7, 11) is 0. The number of rotatable bonds is 1. The second kappa shape index (κ2) is 3.58. The van der Waals surface area contributed by atoms with Crippen molar-refractivity contribution in [3.05, 3.63) is 37.8 Å². The predicted octanol–water partition coefficient (Wildman–Crippen LogP) is 2.65. The minimum atomic E-state index is -0.430. The molecule has 1 aromatic carbocycles. The fourth-order valence-electron chi connectivity index (χ4n) is 0.978. The van der Waals surface area contributed by atoms with Crippen LogP contribution in [0.5, 0.6) is 0 Å². The topological polar surface area (TPSA) is 43.1 Å². The van der Waals surface area contributed by atoms with Crippen LogP contribution in [0.3, 0.4) is 0 Å². The minimum absolute atomic E-state index is 0.0749. The zero-order valence-corrected chi connectivity index (χ0v) is 8.46. The maximum atomic E-state index is 10.5. The van der Waals surface area contributed by atoms with Crippen molar-refractivity contribution in [1.82, 2.24) is 0 Å². The maximum Gasteiger partial charge on any atom is 0.273 e. The lowest BCUT2D eigenvalue weighted by molar-refractivity contribution is -0.385. The summed E-state index contributed by atoms with van der Waals surface area (Å²) in [6.45, 7) is 1.66. The normalized spacial score (nSPS) is 9.31. The van der Waals surface area contributed by atoms with Crippen molar-refractivity contribution in [1.29, 1.82) is 0 Å². The number of terminal acetylenes is 1. The Morgan fingerprint density at radius 3 is 2.69 bits per heavy atom. The van der Waals surface area contributed by atoms with Crippen LogP contribution in [-0.2, 0) is 0 Å². The molecule has 13 heavy (non-hydrogen) atoms. The van der Waals surface area contributed by atoms with Gasteiger partial charge < -0.3 is 0 Å². The van der Waals surface area contributed by atoms with Crippen molar-refractivity contribution in [3.63, 3.8) is 0 Å². The second-order valence-electron chi connectivity index (χ2n) is 2.52. The van der Waals surface area contributed by atoms with Crippen LogP contribution in [0.15, 0.2) is 16.6 Å². The highest BCUT2D eigenvalue weighted by molar-refractivity contribution is 9.10. The van der Waals surface area contributed by atoms with Crippen molar-refractivity contribution in [2.24, 2.45) is 0 Å². The third kappa shape index (κ3) is 1.87. The largest absolute Gasteiger partial charge is 0.273 e. The molecule has 4 heteroatoms. The predicted molar refractivity (Wildman–Crippen MR) is 53.5 cm³/mol. The van der Waals surface area contributed by atoms with Crippen LogP contribution in [0.2, 0.25) is 0 Å². The number of benzene rings is 1. The second-order valence-corrected chi connectivity index (χ2v) is 3.37. The molecular formula is C9H6BrNO2. The summed E-state index contributed by atoms with van der Waals surface area (Å²) in [5.41, 5.74) is 1.27. The average Bonchev–Trinajstić information content (AvgIpc) is 2.07. The van der Waals surface area contributed by atoms with E-state index < -0.39 is 4.92 Å². The van der Waals surface area contributed by atoms with Crippen molar-refractivity contribution < 1.29 is 4.92 Å². The van der Waals surface area contributed by atoms with E-state index in [0.717, 1.165) is 0 Å². The molecule has 0 heterocycles. The molecule has 0 atom stereocenters. The van der Waals surface area contributed by atoms with Gasteiger partial charge in [-0.05, 0) is 28.9 Å². The van der Waals surface area contributed by atoms with E-state index >= 15 is 0 Å². The molecule has 0 fully saturated rings. The van der Waals surface area contributed by atoms with E-state index in [-0.39, 0.29) is 5.69 Å². The molecule has 0 amide bonds. The molecule has 0 aliphatic rings. The van der Waals surface area contributed by atoms with Crippen LogP contribution < -0.4 is 0 Å². The van der Waals surface area contributed by atoms with Crippen LogP contribution in [0.4, 0.5) is 5.69 Å². The Kier molecular flexibility index (Phi) is 2.69. The van der Waals surface area contributed by atoms with Gasteiger partial charge in [0, 0.05) is 21.7 Å². The first kappa shape index (κ1) is 9.75. The monoisotopic (exact) mass is 239 g/mol. The summed E-state index contributed by atoms with van der Waals surface area (Å²) in [4.78, 5) is 10.1. The number of aryl methyl sites for hydroxylation is 1. The van der Waals surface area contributed by atoms with E-state index in [2.05, 4.69) is 21.9 Å². The van der Waals surface area contributed by atoms with Gasteiger partial charge in [-0.15, -0.1) is 6.42 Å². The molecule has 66 valence electrons. The highest BCUT2D eigenvalue weighted by Crippen LogP contribution is 2.26. The minimum Gasteiger partial charge on any atom is -0.258 e. The van der Waals surface area contributed by atoms with Gasteiger partial charge in [0.25, 0.3) is 5.69 Å². The van der Waals surface area contributed by atoms with Crippen molar-refractivity contribution >= 4 is 21.6 Å². The fraction of sp³-hybridized carbons (Fsp3) is 0.111. The molecule has 0 spiro atoms. The summed E-state index contributed by atoms with van der Waals surface area (Å²) in [6.07, 6.45) is 5.20. The van der Waals surface area contributed by atoms with Crippen LogP contribution in [-0.4, -0.2) is 4.92 Å². The Bertz CT molecular complexity index is 407. The van der Waals surface area contributed by atoms with E-state index in [1.807, 2.05) is 0 Å². The lowest BCUT2D eigenvalue weighted by Gasteiger charge is -2.00. The number of hydrogen-bond donors (Lipinski definition) is 0. The van der Waals surface area contributed by atoms with Crippen LogP contribution >= 0.6 is 15.9 Å². The van der Waals surface area contributed by atoms with Gasteiger partial charge in [0.1, 0.15) is 0 Å². The molecule has 0 N–H and O–H groups in total. The summed E-state index contributed by atoms with van der Waals surface area (Å²) in [5, 5.41) is 10.5. The third-order valence-electron chi connectivity index (χ3n) is 1.64. The quantitative estimate of drug-likeness (QED) is 0.430. The average molecular weight is 240 g/mol. The molecular weight excluding hydrogens is 234 g/mol. The number of halogens is 1. The molecule has 0 aromatic heterocycles. The summed E-state index contributed by atoms with van der Waals surface area (Å²) < 4.78 is 0.576. The van der Waals surface area contributed by atoms with Crippen molar-refractivity contribution in [2.45, 2.75) is 6.92 Å². The Morgan fingerprint density at radius 1 is 1.62 bits per heavy atom. The maximum absolute atomic E-state index is 10.5. The number of nitro benzene ring substituents is 1. The smallest absolute Gasteiger partial charge is 0.258 e. The summed E-state index contributed by atoms with van der Waals surface area (Å²) in [5.74, 6) is 2.43. The van der Waals surface area contributed by atoms with Crippen LogP contribution in [0.25, 0.3) is 0 Å². The first-order valence-electron chi connectivity index (χ1n) is 3.47. The van der Waals surface area contributed by atoms with Gasteiger partial charge in [-0.25, -0.2) is 0 Å². The van der Waals surface area contributed by atoms with E-state index in [1.54, 1.807) is 13.0 Å². The van der Waals surface area contributed by atoms with Gasteiger partial charge >= 0.3 is 0 Å². The van der Waals surface area contributed by atoms with Crippen LogP contribution in [0, 0.1) is 29.4 Å². The van der Waals surface area contributed by atoms with Crippen molar-refractivity contribution in [2.75, 3.05) is 0 Å². The highest BCUT2D eigenvalue weighted by Gasteiger charge is 2.12. The molecule has 0 saturated heterocycles. The lowest BCUT2D eigenvalue weighted by Crippen LogP contribution is -1.92. The van der Waals surface area contributed by atoms with Gasteiger partial charge in [-0.3, -0.25) is 10.1 Å². The van der Waals surface area contributed by atoms with E-state index in [1.165, 1.54) is 6.07 Å². The molecule has 0 saturated carbocycles. The van der Waals surface area contributed by atoms with Gasteiger partial charge in [0.05, 0.1) is 4.92 Å². The fourth-order valence-corrected chi connectivity index (χ4v) is 1.42. The first-order valence-corrected chi connectivity index (χ1v) is 4.26. The SMILES string of the molecule is C#Cc1cc(C)c([N+](=O)[O-])cc1Br. The first-order chi connectivity index (χ1) is 6.06. The third-order valence-corrected chi connectivity index (χ3v) is 2.29. The summed E-state index contributed by atoms with van der Waals surface area (Å²) >= 11 is 3.16. The summed E-state index contributed by atoms with van der Waals surface area (Å²) in [6, 6.07) is 3.03. The molecule has 0 unspecified atom stereocenters. The Morgan fingerprint density at radius 2 is 2.23 bits per heavy atom. The van der Waals surface area contributed by atoms with Crippen molar-refractivity contribution in [3.8, 4) is 12.3 Å². The molecule has 0 aliphatic carbocycles. The van der Waals surface area contributed by atoms with Gasteiger partial charge in [-0.2, -0.15) is 0 Å². The van der Waals surface area contributed by atoms with E-state index in [4.69, 9.17) is 6.42 Å². The Labute approximate surface area is 84.0 Å². The van der Waals surface area contributed by atoms with Gasteiger partial charge in [0.15, 0.2) is 0 Å². The van der Waals surface area contributed by atoms with E-state index in [9.17, 15) is 10.1 Å². The molecule has 0 aliphatic heterocycles.